The quantitative estimate of drug-likeness (QED) is 0.303. The molecule has 0 N–H and O–H groups in total. The van der Waals surface area contributed by atoms with E-state index in [0.717, 1.165) is 0 Å². The van der Waals surface area contributed by atoms with Crippen molar-refractivity contribution in [3.05, 3.63) is 0 Å². The minimum atomic E-state index is -1.33. The summed E-state index contributed by atoms with van der Waals surface area (Å²) in [5, 5.41) is 9.97. The monoisotopic (exact) mass is 177 g/mol. The Morgan fingerprint density at radius 3 is 2.08 bits per heavy atom. The van der Waals surface area contributed by atoms with E-state index < -0.39 is 11.5 Å². The third-order valence-corrected chi connectivity index (χ3v) is 1.59. The molecule has 12 heavy (non-hydrogen) atoms. The summed E-state index contributed by atoms with van der Waals surface area (Å²) in [6, 6.07) is 0. The molecule has 0 aliphatic heterocycles. The van der Waals surface area contributed by atoms with E-state index >= 15 is 0 Å². The molecule has 0 fully saturated rings. The second kappa shape index (κ2) is 5.60. The molecular weight excluding hydrogens is 165 g/mol. The third-order valence-electron chi connectivity index (χ3n) is 1.59. The predicted molar refractivity (Wildman–Crippen MR) is 40.5 cm³/mol. The Labute approximate surface area is 95.4 Å². The maximum Gasteiger partial charge on any atom is 1.00 e. The van der Waals surface area contributed by atoms with Crippen molar-refractivity contribution < 1.29 is 39.5 Å². The summed E-state index contributed by atoms with van der Waals surface area (Å²) < 4.78 is 0. The zero-order valence-corrected chi connectivity index (χ0v) is 10.3. The first kappa shape index (κ1) is 14.5. The third kappa shape index (κ3) is 5.62. The van der Waals surface area contributed by atoms with Crippen LogP contribution in [0.3, 0.4) is 0 Å². The molecule has 0 radical (unpaired) electrons. The minimum Gasteiger partial charge on any atom is -0.537 e. The Kier molecular flexibility index (Phi) is 6.78. The molecule has 0 rings (SSSR count). The average molecular weight is 177 g/mol. The van der Waals surface area contributed by atoms with Crippen LogP contribution in [0.15, 0.2) is 0 Å². The summed E-state index contributed by atoms with van der Waals surface area (Å²) in [5.74, 6) is 3.22. The Hall–Kier alpha value is -0.0100. The van der Waals surface area contributed by atoms with Gasteiger partial charge in [-0.15, -0.1) is 0 Å². The van der Waals surface area contributed by atoms with E-state index in [2.05, 4.69) is 5.92 Å². The minimum absolute atomic E-state index is 0. The Morgan fingerprint density at radius 2 is 1.83 bits per heavy atom. The number of hydrogen-bond acceptors (Lipinski definition) is 3. The Balaban J connectivity index is 0. The number of hydrogen-bond donors (Lipinski definition) is 0. The van der Waals surface area contributed by atoms with Crippen LogP contribution in [0.4, 0.5) is 0 Å². The number of nitrogens with zero attached hydrogens (tertiary/aromatic N) is 1. The molecule has 0 aromatic carbocycles. The molecule has 0 spiro atoms. The fraction of sp³-hybridized carbons (Fsp3) is 0.625. The van der Waals surface area contributed by atoms with Crippen LogP contribution in [-0.2, 0) is 4.79 Å². The second-order valence-corrected chi connectivity index (χ2v) is 2.99. The van der Waals surface area contributed by atoms with Gasteiger partial charge in [0.05, 0.1) is 5.54 Å². The van der Waals surface area contributed by atoms with Crippen LogP contribution in [0.5, 0.6) is 0 Å². The van der Waals surface area contributed by atoms with Crippen LogP contribution in [0.25, 0.3) is 0 Å². The molecule has 0 aliphatic rings. The Bertz CT molecular complexity index is 213. The SMILES string of the molecule is CN(C)C(C)(C)C#CC(=O)[O-].[Na+]. The van der Waals surface area contributed by atoms with E-state index in [4.69, 9.17) is 0 Å². The van der Waals surface area contributed by atoms with E-state index in [0.29, 0.717) is 0 Å². The van der Waals surface area contributed by atoms with Gasteiger partial charge < -0.3 is 9.90 Å². The zero-order chi connectivity index (χ0) is 9.07. The maximum absolute atomic E-state index is 9.97. The summed E-state index contributed by atoms with van der Waals surface area (Å²) >= 11 is 0. The number of carboxylic acids is 1. The normalized spacial score (nSPS) is 9.75. The fourth-order valence-corrected chi connectivity index (χ4v) is 0.316. The van der Waals surface area contributed by atoms with E-state index in [9.17, 15) is 9.90 Å². The van der Waals surface area contributed by atoms with Crippen LogP contribution in [0, 0.1) is 11.8 Å². The van der Waals surface area contributed by atoms with E-state index in [1.165, 1.54) is 0 Å². The molecule has 0 unspecified atom stereocenters. The van der Waals surface area contributed by atoms with Gasteiger partial charge >= 0.3 is 29.6 Å². The predicted octanol–water partition coefficient (Wildman–Crippen LogP) is -3.92. The zero-order valence-electron chi connectivity index (χ0n) is 8.26. The largest absolute Gasteiger partial charge is 1.00 e. The summed E-state index contributed by atoms with van der Waals surface area (Å²) in [6.07, 6.45) is 0. The first-order chi connectivity index (χ1) is 4.86. The summed E-state index contributed by atoms with van der Waals surface area (Å²) in [5.41, 5.74) is -0.417. The van der Waals surface area contributed by atoms with Crippen molar-refractivity contribution in [2.45, 2.75) is 19.4 Å². The van der Waals surface area contributed by atoms with Crippen molar-refractivity contribution >= 4 is 5.97 Å². The van der Waals surface area contributed by atoms with Gasteiger partial charge in [-0.25, -0.2) is 0 Å². The number of aliphatic carboxylic acids is 1. The number of carbonyl (C=O) groups excluding carboxylic acids is 1. The molecule has 0 aromatic heterocycles. The number of carboxylic acid groups (broad SMARTS) is 1. The molecule has 0 atom stereocenters. The van der Waals surface area contributed by atoms with Gasteiger partial charge in [0.2, 0.25) is 0 Å². The van der Waals surface area contributed by atoms with Gasteiger partial charge in [0.15, 0.2) is 0 Å². The van der Waals surface area contributed by atoms with Crippen LogP contribution >= 0.6 is 0 Å². The van der Waals surface area contributed by atoms with Gasteiger partial charge in [-0.05, 0) is 33.9 Å². The summed E-state index contributed by atoms with van der Waals surface area (Å²) in [4.78, 5) is 11.8. The van der Waals surface area contributed by atoms with Crippen molar-refractivity contribution in [2.24, 2.45) is 0 Å². The average Bonchev–Trinajstić information content (AvgIpc) is 1.84. The molecule has 3 nitrogen and oxygen atoms in total. The molecule has 0 saturated carbocycles. The standard InChI is InChI=1S/C8H13NO2.Na/c1-8(2,9(3)4)6-5-7(10)11;/h1-4H3,(H,10,11);/q;+1/p-1. The smallest absolute Gasteiger partial charge is 0.537 e. The van der Waals surface area contributed by atoms with Gasteiger partial charge in [0.1, 0.15) is 5.97 Å². The molecule has 0 saturated heterocycles. The molecule has 0 aromatic rings. The van der Waals surface area contributed by atoms with E-state index in [-0.39, 0.29) is 29.6 Å². The van der Waals surface area contributed by atoms with Crippen molar-refractivity contribution in [3.63, 3.8) is 0 Å². The Morgan fingerprint density at radius 1 is 1.42 bits per heavy atom. The molecule has 4 heteroatoms. The van der Waals surface area contributed by atoms with Gasteiger partial charge in [-0.2, -0.15) is 0 Å². The van der Waals surface area contributed by atoms with Crippen LogP contribution < -0.4 is 34.7 Å². The first-order valence-corrected chi connectivity index (χ1v) is 3.28. The molecule has 0 amide bonds. The number of carbonyl (C=O) groups is 1. The fourth-order valence-electron chi connectivity index (χ4n) is 0.316. The molecular formula is C8H12NNaO2. The molecule has 0 aliphatic carbocycles. The van der Waals surface area contributed by atoms with Gasteiger partial charge in [0.25, 0.3) is 0 Å². The van der Waals surface area contributed by atoms with E-state index in [1.54, 1.807) is 0 Å². The first-order valence-electron chi connectivity index (χ1n) is 3.28. The van der Waals surface area contributed by atoms with Crippen molar-refractivity contribution in [1.82, 2.24) is 4.90 Å². The number of rotatable bonds is 1. The summed E-state index contributed by atoms with van der Waals surface area (Å²) in [7, 11) is 3.67. The molecule has 0 bridgehead atoms. The maximum atomic E-state index is 9.97. The topological polar surface area (TPSA) is 43.4 Å². The second-order valence-electron chi connectivity index (χ2n) is 2.99. The van der Waals surface area contributed by atoms with Crippen molar-refractivity contribution in [3.8, 4) is 11.8 Å². The van der Waals surface area contributed by atoms with Gasteiger partial charge in [-0.3, -0.25) is 4.90 Å². The summed E-state index contributed by atoms with van der Waals surface area (Å²) in [6.45, 7) is 3.67. The molecule has 62 valence electrons. The van der Waals surface area contributed by atoms with Crippen LogP contribution in [0.2, 0.25) is 0 Å². The van der Waals surface area contributed by atoms with Crippen LogP contribution in [-0.4, -0.2) is 30.5 Å². The van der Waals surface area contributed by atoms with Gasteiger partial charge in [0, 0.05) is 0 Å². The van der Waals surface area contributed by atoms with Crippen LogP contribution in [0.1, 0.15) is 13.8 Å². The van der Waals surface area contributed by atoms with Gasteiger partial charge in [-0.1, -0.05) is 5.92 Å². The van der Waals surface area contributed by atoms with E-state index in [1.807, 2.05) is 38.8 Å². The van der Waals surface area contributed by atoms with Crippen molar-refractivity contribution in [2.75, 3.05) is 14.1 Å². The molecule has 0 heterocycles. The van der Waals surface area contributed by atoms with Crippen molar-refractivity contribution in [1.29, 1.82) is 0 Å².